The van der Waals surface area contributed by atoms with Crippen molar-refractivity contribution < 1.29 is 19.0 Å². The van der Waals surface area contributed by atoms with Gasteiger partial charge in [0.05, 0.1) is 11.0 Å². The minimum absolute atomic E-state index is 0.187. The van der Waals surface area contributed by atoms with Crippen molar-refractivity contribution in [1.82, 2.24) is 19.4 Å². The number of amides is 1. The average molecular weight is 664 g/mol. The molecule has 0 unspecified atom stereocenters. The van der Waals surface area contributed by atoms with Gasteiger partial charge in [-0.05, 0) is 81.3 Å². The fourth-order valence-corrected chi connectivity index (χ4v) is 6.16. The number of piperidine rings is 1. The molecule has 10 heteroatoms. The summed E-state index contributed by atoms with van der Waals surface area (Å²) in [5.74, 6) is 1.26. The Kier molecular flexibility index (Phi) is 10.2. The quantitative estimate of drug-likeness (QED) is 0.162. The second-order valence-corrected chi connectivity index (χ2v) is 13.5. The van der Waals surface area contributed by atoms with E-state index in [0.717, 1.165) is 60.2 Å². The van der Waals surface area contributed by atoms with Crippen molar-refractivity contribution in [3.63, 3.8) is 0 Å². The number of carbonyl (C=O) groups excluding carboxylic acids is 1. The highest BCUT2D eigenvalue weighted by Gasteiger charge is 2.23. The third-order valence-corrected chi connectivity index (χ3v) is 8.74. The molecular weight excluding hydrogens is 618 g/mol. The summed E-state index contributed by atoms with van der Waals surface area (Å²) in [4.78, 5) is 32.9. The van der Waals surface area contributed by atoms with E-state index in [0.29, 0.717) is 43.1 Å². The van der Waals surface area contributed by atoms with Crippen LogP contribution in [0.4, 0.5) is 10.5 Å². The second kappa shape index (κ2) is 14.9. The number of hydrogen-bond donors (Lipinski definition) is 1. The molecule has 0 saturated carbocycles. The van der Waals surface area contributed by atoms with Crippen LogP contribution in [0.1, 0.15) is 51.2 Å². The minimum Gasteiger partial charge on any atom is -0.473 e. The lowest BCUT2D eigenvalue weighted by Crippen LogP contribution is -2.36. The Morgan fingerprint density at radius 1 is 0.857 bits per heavy atom. The Labute approximate surface area is 287 Å². The lowest BCUT2D eigenvalue weighted by molar-refractivity contribution is 0.0524. The summed E-state index contributed by atoms with van der Waals surface area (Å²) in [5, 5.41) is 2.88. The molecule has 6 rings (SSSR count). The molecule has 1 saturated heterocycles. The Hall–Kier alpha value is -5.25. The summed E-state index contributed by atoms with van der Waals surface area (Å²) >= 11 is 0. The first-order valence-corrected chi connectivity index (χ1v) is 16.9. The molecule has 0 spiro atoms. The number of carbonyl (C=O) groups is 1. The number of benzene rings is 3. The number of ether oxygens (including phenoxy) is 3. The number of anilines is 1. The Balaban J connectivity index is 1.19. The number of alkyl carbamates (subject to hydrolysis) is 1. The van der Waals surface area contributed by atoms with E-state index in [1.165, 1.54) is 0 Å². The van der Waals surface area contributed by atoms with Crippen LogP contribution in [0, 0.1) is 5.92 Å². The number of nitrogens with one attached hydrogen (secondary N) is 1. The van der Waals surface area contributed by atoms with Gasteiger partial charge in [0.1, 0.15) is 24.5 Å². The van der Waals surface area contributed by atoms with Crippen LogP contribution >= 0.6 is 0 Å². The number of pyridine rings is 1. The molecule has 3 heterocycles. The van der Waals surface area contributed by atoms with E-state index in [9.17, 15) is 9.59 Å². The van der Waals surface area contributed by atoms with Crippen LogP contribution in [0.2, 0.25) is 0 Å². The third kappa shape index (κ3) is 8.43. The summed E-state index contributed by atoms with van der Waals surface area (Å²) in [5.41, 5.74) is 4.55. The molecule has 0 radical (unpaired) electrons. The van der Waals surface area contributed by atoms with Crippen molar-refractivity contribution in [1.29, 1.82) is 0 Å². The van der Waals surface area contributed by atoms with E-state index >= 15 is 0 Å². The van der Waals surface area contributed by atoms with Gasteiger partial charge in [0, 0.05) is 38.4 Å². The Morgan fingerprint density at radius 2 is 1.51 bits per heavy atom. The zero-order valence-corrected chi connectivity index (χ0v) is 28.7. The molecule has 10 nitrogen and oxygen atoms in total. The average Bonchev–Trinajstić information content (AvgIpc) is 3.35. The molecule has 0 aliphatic carbocycles. The maximum Gasteiger partial charge on any atom is 0.407 e. The van der Waals surface area contributed by atoms with E-state index < -0.39 is 5.60 Å². The second-order valence-electron chi connectivity index (χ2n) is 13.5. The molecule has 3 aromatic carbocycles. The molecule has 1 amide bonds. The largest absolute Gasteiger partial charge is 0.473 e. The van der Waals surface area contributed by atoms with Crippen LogP contribution in [0.3, 0.4) is 0 Å². The summed E-state index contributed by atoms with van der Waals surface area (Å²) in [6.07, 6.45) is 2.61. The van der Waals surface area contributed by atoms with Crippen molar-refractivity contribution in [2.75, 3.05) is 24.5 Å². The van der Waals surface area contributed by atoms with E-state index in [4.69, 9.17) is 19.2 Å². The number of hydrogen-bond acceptors (Lipinski definition) is 7. The van der Waals surface area contributed by atoms with Gasteiger partial charge in [0.2, 0.25) is 11.8 Å². The summed E-state index contributed by atoms with van der Waals surface area (Å²) in [7, 11) is 1.80. The van der Waals surface area contributed by atoms with E-state index in [1.54, 1.807) is 22.2 Å². The standard InChI is InChI=1S/C39H45N5O5/c1-39(2,3)49-37(45)40-22-19-28-20-23-43(24-21-28)31-15-16-32-34(25-31)42(4)38(46)44(32)33-17-18-35(47-26-29-11-7-5-8-12-29)41-36(33)48-27-30-13-9-6-10-14-30/h5-18,25,28H,19-24,26-27H2,1-4H3,(H,40,45). The zero-order chi connectivity index (χ0) is 34.4. The van der Waals surface area contributed by atoms with Crippen molar-refractivity contribution in [3.8, 4) is 17.4 Å². The number of fused-ring (bicyclic) bond motifs is 1. The molecule has 0 bridgehead atoms. The normalized spacial score (nSPS) is 13.8. The summed E-state index contributed by atoms with van der Waals surface area (Å²) in [6, 6.07) is 29.6. The predicted molar refractivity (Wildman–Crippen MR) is 192 cm³/mol. The highest BCUT2D eigenvalue weighted by molar-refractivity contribution is 5.82. The number of imidazole rings is 1. The molecule has 5 aromatic rings. The molecule has 256 valence electrons. The topological polar surface area (TPSA) is 99.9 Å². The van der Waals surface area contributed by atoms with Gasteiger partial charge in [-0.1, -0.05) is 60.7 Å². The van der Waals surface area contributed by atoms with Gasteiger partial charge in [-0.3, -0.25) is 9.13 Å². The summed E-state index contributed by atoms with van der Waals surface area (Å²) < 4.78 is 21.0. The van der Waals surface area contributed by atoms with Crippen LogP contribution in [0.5, 0.6) is 11.8 Å². The molecule has 49 heavy (non-hydrogen) atoms. The number of aryl methyl sites for hydroxylation is 1. The molecule has 1 aliphatic heterocycles. The molecule has 1 aliphatic rings. The van der Waals surface area contributed by atoms with Crippen molar-refractivity contribution in [2.45, 2.75) is 58.8 Å². The zero-order valence-electron chi connectivity index (χ0n) is 28.7. The van der Waals surface area contributed by atoms with Gasteiger partial charge in [-0.2, -0.15) is 4.98 Å². The number of rotatable bonds is 11. The van der Waals surface area contributed by atoms with Gasteiger partial charge in [-0.15, -0.1) is 0 Å². The Bertz CT molecular complexity index is 1920. The maximum absolute atomic E-state index is 13.8. The molecule has 1 fully saturated rings. The highest BCUT2D eigenvalue weighted by atomic mass is 16.6. The lowest BCUT2D eigenvalue weighted by atomic mass is 9.93. The van der Waals surface area contributed by atoms with Crippen LogP contribution in [-0.2, 0) is 25.0 Å². The van der Waals surface area contributed by atoms with Crippen molar-refractivity contribution in [2.24, 2.45) is 13.0 Å². The molecule has 0 atom stereocenters. The van der Waals surface area contributed by atoms with Gasteiger partial charge in [0.15, 0.2) is 0 Å². The first-order valence-electron chi connectivity index (χ1n) is 16.9. The fraction of sp³-hybridized carbons (Fsp3) is 0.359. The van der Waals surface area contributed by atoms with Gasteiger partial charge in [-0.25, -0.2) is 9.59 Å². The van der Waals surface area contributed by atoms with Crippen molar-refractivity contribution in [3.05, 3.63) is 113 Å². The van der Waals surface area contributed by atoms with E-state index in [2.05, 4.69) is 22.3 Å². The highest BCUT2D eigenvalue weighted by Crippen LogP contribution is 2.31. The number of aromatic nitrogens is 3. The molecule has 1 N–H and O–H groups in total. The number of nitrogens with zero attached hydrogens (tertiary/aromatic N) is 4. The van der Waals surface area contributed by atoms with Crippen LogP contribution in [0.15, 0.2) is 95.8 Å². The summed E-state index contributed by atoms with van der Waals surface area (Å²) in [6.45, 7) is 8.66. The monoisotopic (exact) mass is 663 g/mol. The smallest absolute Gasteiger partial charge is 0.407 e. The maximum atomic E-state index is 13.8. The van der Waals surface area contributed by atoms with E-state index in [-0.39, 0.29) is 11.8 Å². The van der Waals surface area contributed by atoms with Crippen LogP contribution in [-0.4, -0.2) is 45.4 Å². The third-order valence-electron chi connectivity index (χ3n) is 8.74. The minimum atomic E-state index is -0.501. The van der Waals surface area contributed by atoms with Crippen LogP contribution < -0.4 is 25.4 Å². The van der Waals surface area contributed by atoms with Crippen LogP contribution in [0.25, 0.3) is 16.7 Å². The predicted octanol–water partition coefficient (Wildman–Crippen LogP) is 7.01. The SMILES string of the molecule is Cn1c(=O)n(-c2ccc(OCc3ccccc3)nc2OCc2ccccc2)c2ccc(N3CCC(CCNC(=O)OC(C)(C)C)CC3)cc21. The molecular formula is C39H45N5O5. The van der Waals surface area contributed by atoms with E-state index in [1.807, 2.05) is 93.6 Å². The Morgan fingerprint density at radius 3 is 2.16 bits per heavy atom. The first-order chi connectivity index (χ1) is 23.6. The van der Waals surface area contributed by atoms with Gasteiger partial charge < -0.3 is 24.4 Å². The van der Waals surface area contributed by atoms with Gasteiger partial charge >= 0.3 is 11.8 Å². The fourth-order valence-electron chi connectivity index (χ4n) is 6.16. The van der Waals surface area contributed by atoms with Crippen molar-refractivity contribution >= 4 is 22.8 Å². The lowest BCUT2D eigenvalue weighted by Gasteiger charge is -2.33. The van der Waals surface area contributed by atoms with Gasteiger partial charge in [0.25, 0.3) is 0 Å². The molecule has 2 aromatic heterocycles. The first kappa shape index (κ1) is 33.6.